The highest BCUT2D eigenvalue weighted by molar-refractivity contribution is 7.84. The number of carbonyl (C=O) groups excluding carboxylic acids is 1. The monoisotopic (exact) mass is 278 g/mol. The number of urea groups is 1. The molecular formula is C11H22N2O4S. The second-order valence-electron chi connectivity index (χ2n) is 4.68. The van der Waals surface area contributed by atoms with E-state index in [2.05, 4.69) is 10.6 Å². The van der Waals surface area contributed by atoms with Crippen molar-refractivity contribution < 1.29 is 18.9 Å². The topological polar surface area (TPSA) is 95.5 Å². The SMILES string of the molecule is CC(C)C[C@H](NC(=O)NCC(C)S(C)=O)C(=O)O. The van der Waals surface area contributed by atoms with E-state index in [9.17, 15) is 13.8 Å². The van der Waals surface area contributed by atoms with E-state index in [1.807, 2.05) is 13.8 Å². The van der Waals surface area contributed by atoms with Gasteiger partial charge in [0.25, 0.3) is 0 Å². The van der Waals surface area contributed by atoms with Gasteiger partial charge in [-0.1, -0.05) is 13.8 Å². The Morgan fingerprint density at radius 2 is 1.83 bits per heavy atom. The predicted octanol–water partition coefficient (Wildman–Crippen LogP) is 0.552. The number of amides is 2. The van der Waals surface area contributed by atoms with E-state index in [0.717, 1.165) is 0 Å². The van der Waals surface area contributed by atoms with Crippen molar-refractivity contribution in [3.05, 3.63) is 0 Å². The summed E-state index contributed by atoms with van der Waals surface area (Å²) in [5.74, 6) is -0.876. The van der Waals surface area contributed by atoms with Crippen LogP contribution < -0.4 is 10.6 Å². The fourth-order valence-corrected chi connectivity index (χ4v) is 1.57. The van der Waals surface area contributed by atoms with Crippen LogP contribution in [0.1, 0.15) is 27.2 Å². The molecule has 0 radical (unpaired) electrons. The second kappa shape index (κ2) is 8.07. The van der Waals surface area contributed by atoms with Crippen LogP contribution in [0.3, 0.4) is 0 Å². The van der Waals surface area contributed by atoms with Crippen molar-refractivity contribution >= 4 is 22.8 Å². The molecule has 106 valence electrons. The summed E-state index contributed by atoms with van der Waals surface area (Å²) in [6.45, 7) is 5.78. The zero-order valence-electron chi connectivity index (χ0n) is 11.2. The molecule has 0 aromatic rings. The van der Waals surface area contributed by atoms with Gasteiger partial charge in [0.05, 0.1) is 0 Å². The number of aliphatic carboxylic acids is 1. The molecule has 6 nitrogen and oxygen atoms in total. The summed E-state index contributed by atoms with van der Waals surface area (Å²) in [5.41, 5.74) is 0. The Morgan fingerprint density at radius 3 is 2.22 bits per heavy atom. The number of carboxylic acid groups (broad SMARTS) is 1. The first kappa shape index (κ1) is 16.9. The molecule has 3 N–H and O–H groups in total. The zero-order chi connectivity index (χ0) is 14.3. The van der Waals surface area contributed by atoms with Crippen LogP contribution in [-0.4, -0.2) is 45.4 Å². The molecule has 0 heterocycles. The molecule has 2 amide bonds. The Labute approximate surface area is 110 Å². The maximum absolute atomic E-state index is 11.5. The smallest absolute Gasteiger partial charge is 0.326 e. The van der Waals surface area contributed by atoms with Gasteiger partial charge in [0, 0.05) is 28.9 Å². The minimum Gasteiger partial charge on any atom is -0.480 e. The summed E-state index contributed by atoms with van der Waals surface area (Å²) in [6, 6.07) is -1.44. The van der Waals surface area contributed by atoms with Crippen molar-refractivity contribution in [1.82, 2.24) is 10.6 Å². The lowest BCUT2D eigenvalue weighted by Crippen LogP contribution is -2.48. The van der Waals surface area contributed by atoms with Gasteiger partial charge in [0.2, 0.25) is 0 Å². The van der Waals surface area contributed by atoms with Gasteiger partial charge in [0.15, 0.2) is 0 Å². The van der Waals surface area contributed by atoms with E-state index < -0.39 is 28.8 Å². The first-order valence-electron chi connectivity index (χ1n) is 5.83. The third-order valence-corrected chi connectivity index (χ3v) is 3.73. The van der Waals surface area contributed by atoms with Gasteiger partial charge in [0.1, 0.15) is 6.04 Å². The Bertz CT molecular complexity index is 320. The van der Waals surface area contributed by atoms with Gasteiger partial charge in [-0.05, 0) is 19.3 Å². The van der Waals surface area contributed by atoms with E-state index in [0.29, 0.717) is 6.42 Å². The Balaban J connectivity index is 4.18. The van der Waals surface area contributed by atoms with Crippen molar-refractivity contribution in [2.45, 2.75) is 38.5 Å². The van der Waals surface area contributed by atoms with Crippen molar-refractivity contribution in [3.63, 3.8) is 0 Å². The minimum atomic E-state index is -1.05. The van der Waals surface area contributed by atoms with Crippen LogP contribution in [-0.2, 0) is 15.6 Å². The van der Waals surface area contributed by atoms with Crippen molar-refractivity contribution in [1.29, 1.82) is 0 Å². The van der Waals surface area contributed by atoms with Gasteiger partial charge in [-0.25, -0.2) is 9.59 Å². The van der Waals surface area contributed by atoms with Gasteiger partial charge >= 0.3 is 12.0 Å². The third-order valence-electron chi connectivity index (χ3n) is 2.43. The fourth-order valence-electron chi connectivity index (χ4n) is 1.26. The van der Waals surface area contributed by atoms with Gasteiger partial charge in [-0.15, -0.1) is 0 Å². The van der Waals surface area contributed by atoms with Crippen LogP contribution in [0.5, 0.6) is 0 Å². The van der Waals surface area contributed by atoms with Crippen LogP contribution in [0.15, 0.2) is 0 Å². The highest BCUT2D eigenvalue weighted by Gasteiger charge is 2.21. The molecule has 0 fully saturated rings. The fraction of sp³-hybridized carbons (Fsp3) is 0.818. The lowest BCUT2D eigenvalue weighted by Gasteiger charge is -2.17. The number of hydrogen-bond donors (Lipinski definition) is 3. The van der Waals surface area contributed by atoms with Crippen molar-refractivity contribution in [2.24, 2.45) is 5.92 Å². The maximum Gasteiger partial charge on any atom is 0.326 e. The van der Waals surface area contributed by atoms with Crippen molar-refractivity contribution in [2.75, 3.05) is 12.8 Å². The summed E-state index contributed by atoms with van der Waals surface area (Å²) in [4.78, 5) is 22.4. The minimum absolute atomic E-state index is 0.163. The maximum atomic E-state index is 11.5. The lowest BCUT2D eigenvalue weighted by molar-refractivity contribution is -0.139. The molecule has 18 heavy (non-hydrogen) atoms. The third kappa shape index (κ3) is 7.26. The quantitative estimate of drug-likeness (QED) is 0.634. The van der Waals surface area contributed by atoms with Crippen LogP contribution in [0.4, 0.5) is 4.79 Å². The second-order valence-corrected chi connectivity index (χ2v) is 6.49. The van der Waals surface area contributed by atoms with Crippen LogP contribution in [0, 0.1) is 5.92 Å². The summed E-state index contributed by atoms with van der Waals surface area (Å²) in [7, 11) is -1.02. The molecule has 0 saturated heterocycles. The summed E-state index contributed by atoms with van der Waals surface area (Å²) < 4.78 is 11.1. The van der Waals surface area contributed by atoms with E-state index in [4.69, 9.17) is 5.11 Å². The average Bonchev–Trinajstić information content (AvgIpc) is 2.23. The summed E-state index contributed by atoms with van der Waals surface area (Å²) in [6.07, 6.45) is 1.93. The molecule has 7 heteroatoms. The molecule has 3 atom stereocenters. The first-order chi connectivity index (χ1) is 8.23. The number of carboxylic acids is 1. The highest BCUT2D eigenvalue weighted by Crippen LogP contribution is 2.04. The molecule has 0 bridgehead atoms. The molecule has 0 saturated carbocycles. The Kier molecular flexibility index (Phi) is 7.58. The van der Waals surface area contributed by atoms with Gasteiger partial charge in [-0.3, -0.25) is 4.21 Å². The number of nitrogens with one attached hydrogen (secondary N) is 2. The first-order valence-corrected chi connectivity index (χ1v) is 7.45. The van der Waals surface area contributed by atoms with E-state index in [1.54, 1.807) is 13.2 Å². The predicted molar refractivity (Wildman–Crippen MR) is 70.9 cm³/mol. The van der Waals surface area contributed by atoms with E-state index >= 15 is 0 Å². The molecule has 0 aliphatic carbocycles. The molecule has 0 aliphatic heterocycles. The molecule has 0 aromatic heterocycles. The van der Waals surface area contributed by atoms with Gasteiger partial charge in [-0.2, -0.15) is 0 Å². The highest BCUT2D eigenvalue weighted by atomic mass is 32.2. The Morgan fingerprint density at radius 1 is 1.28 bits per heavy atom. The molecule has 0 rings (SSSR count). The van der Waals surface area contributed by atoms with Crippen LogP contribution >= 0.6 is 0 Å². The van der Waals surface area contributed by atoms with Crippen LogP contribution in [0.25, 0.3) is 0 Å². The normalized spacial score (nSPS) is 15.8. The number of rotatable bonds is 7. The standard InChI is InChI=1S/C11H22N2O4S/c1-7(2)5-9(10(14)15)13-11(16)12-6-8(3)18(4)17/h7-9H,5-6H2,1-4H3,(H,14,15)(H2,12,13,16)/t8?,9-,18?/m0/s1. The van der Waals surface area contributed by atoms with E-state index in [-0.39, 0.29) is 17.7 Å². The molecule has 0 aliphatic rings. The number of carbonyl (C=O) groups is 2. The lowest BCUT2D eigenvalue weighted by atomic mass is 10.0. The summed E-state index contributed by atoms with van der Waals surface area (Å²) >= 11 is 0. The molecule has 0 spiro atoms. The van der Waals surface area contributed by atoms with E-state index in [1.165, 1.54) is 0 Å². The Hall–Kier alpha value is -1.11. The van der Waals surface area contributed by atoms with Crippen molar-refractivity contribution in [3.8, 4) is 0 Å². The van der Waals surface area contributed by atoms with Crippen LogP contribution in [0.2, 0.25) is 0 Å². The molecule has 2 unspecified atom stereocenters. The number of hydrogen-bond acceptors (Lipinski definition) is 3. The average molecular weight is 278 g/mol. The molecular weight excluding hydrogens is 256 g/mol. The largest absolute Gasteiger partial charge is 0.480 e. The van der Waals surface area contributed by atoms with Gasteiger partial charge < -0.3 is 15.7 Å². The molecule has 0 aromatic carbocycles. The zero-order valence-corrected chi connectivity index (χ0v) is 12.0. The summed E-state index contributed by atoms with van der Waals surface area (Å²) in [5, 5.41) is 13.7.